The lowest BCUT2D eigenvalue weighted by molar-refractivity contribution is -0.0462. The lowest BCUT2D eigenvalue weighted by atomic mass is 9.55. The van der Waals surface area contributed by atoms with Gasteiger partial charge in [0.25, 0.3) is 0 Å². The summed E-state index contributed by atoms with van der Waals surface area (Å²) in [6.45, 7) is 5.47. The topological polar surface area (TPSA) is 46.2 Å². The Kier molecular flexibility index (Phi) is 2.02. The van der Waals surface area contributed by atoms with Gasteiger partial charge in [0.15, 0.2) is 0 Å². The molecule has 0 heterocycles. The van der Waals surface area contributed by atoms with Crippen molar-refractivity contribution in [3.05, 3.63) is 0 Å². The molecule has 60 valence electrons. The number of aliphatic hydroxyl groups is 1. The summed E-state index contributed by atoms with van der Waals surface area (Å²) in [7, 11) is 0. The van der Waals surface area contributed by atoms with Gasteiger partial charge < -0.3 is 10.8 Å². The predicted molar refractivity (Wildman–Crippen MR) is 41.5 cm³/mol. The molecular weight excluding hydrogens is 126 g/mol. The molecule has 10 heavy (non-hydrogen) atoms. The molecule has 1 aliphatic carbocycles. The molecule has 0 aromatic carbocycles. The van der Waals surface area contributed by atoms with Crippen LogP contribution in [0.3, 0.4) is 0 Å². The maximum Gasteiger partial charge on any atom is 0.0464 e. The Morgan fingerprint density at radius 2 is 2.10 bits per heavy atom. The molecule has 0 aromatic rings. The molecule has 2 heteroatoms. The third-order valence-electron chi connectivity index (χ3n) is 3.18. The summed E-state index contributed by atoms with van der Waals surface area (Å²) in [6.07, 6.45) is 1.11. The zero-order valence-electron chi connectivity index (χ0n) is 6.80. The fourth-order valence-electron chi connectivity index (χ4n) is 1.83. The summed E-state index contributed by atoms with van der Waals surface area (Å²) in [5.74, 6) is 1.12. The standard InChI is InChI=1S/C8H17NO/c1-8(2)6(4-9)3-7(8)5-10/h6-7,10H,3-5,9H2,1-2H3/t6-,7+/m1/s1. The second-order valence-corrected chi connectivity index (χ2v) is 3.87. The van der Waals surface area contributed by atoms with Crippen LogP contribution in [0.4, 0.5) is 0 Å². The number of nitrogens with two attached hydrogens (primary N) is 1. The smallest absolute Gasteiger partial charge is 0.0464 e. The molecule has 1 saturated carbocycles. The van der Waals surface area contributed by atoms with E-state index in [0.29, 0.717) is 18.4 Å². The van der Waals surface area contributed by atoms with E-state index < -0.39 is 0 Å². The Morgan fingerprint density at radius 1 is 1.50 bits per heavy atom. The van der Waals surface area contributed by atoms with Crippen LogP contribution < -0.4 is 5.73 Å². The van der Waals surface area contributed by atoms with E-state index in [1.807, 2.05) is 0 Å². The summed E-state index contributed by atoms with van der Waals surface area (Å²) >= 11 is 0. The van der Waals surface area contributed by atoms with Crippen molar-refractivity contribution in [1.82, 2.24) is 0 Å². The van der Waals surface area contributed by atoms with E-state index in [9.17, 15) is 0 Å². The Balaban J connectivity index is 2.47. The van der Waals surface area contributed by atoms with Crippen LogP contribution in [0.1, 0.15) is 20.3 Å². The summed E-state index contributed by atoms with van der Waals surface area (Å²) in [5, 5.41) is 8.89. The van der Waals surface area contributed by atoms with Crippen molar-refractivity contribution >= 4 is 0 Å². The molecule has 0 amide bonds. The van der Waals surface area contributed by atoms with Crippen molar-refractivity contribution in [2.24, 2.45) is 23.0 Å². The van der Waals surface area contributed by atoms with E-state index in [4.69, 9.17) is 10.8 Å². The molecule has 2 atom stereocenters. The van der Waals surface area contributed by atoms with Crippen molar-refractivity contribution in [3.8, 4) is 0 Å². The minimum Gasteiger partial charge on any atom is -0.396 e. The van der Waals surface area contributed by atoms with Gasteiger partial charge in [-0.15, -0.1) is 0 Å². The molecule has 0 unspecified atom stereocenters. The largest absolute Gasteiger partial charge is 0.396 e. The third kappa shape index (κ3) is 0.956. The Labute approximate surface area is 62.4 Å². The Bertz CT molecular complexity index is 110. The molecule has 0 aliphatic heterocycles. The fourth-order valence-corrected chi connectivity index (χ4v) is 1.83. The van der Waals surface area contributed by atoms with Gasteiger partial charge in [0.05, 0.1) is 0 Å². The van der Waals surface area contributed by atoms with E-state index in [2.05, 4.69) is 13.8 Å². The number of hydrogen-bond donors (Lipinski definition) is 2. The van der Waals surface area contributed by atoms with Crippen LogP contribution in [-0.4, -0.2) is 18.3 Å². The van der Waals surface area contributed by atoms with Gasteiger partial charge in [-0.05, 0) is 30.2 Å². The summed E-state index contributed by atoms with van der Waals surface area (Å²) in [4.78, 5) is 0. The van der Waals surface area contributed by atoms with Crippen LogP contribution in [0, 0.1) is 17.3 Å². The number of aliphatic hydroxyl groups excluding tert-OH is 1. The molecule has 1 aliphatic rings. The molecule has 1 fully saturated rings. The first-order valence-corrected chi connectivity index (χ1v) is 3.93. The SMILES string of the molecule is CC1(C)[C@H](CO)C[C@@H]1CN. The van der Waals surface area contributed by atoms with Gasteiger partial charge >= 0.3 is 0 Å². The molecule has 0 spiro atoms. The van der Waals surface area contributed by atoms with Gasteiger partial charge in [-0.3, -0.25) is 0 Å². The lowest BCUT2D eigenvalue weighted by Gasteiger charge is -2.51. The van der Waals surface area contributed by atoms with Gasteiger partial charge in [-0.25, -0.2) is 0 Å². The Morgan fingerprint density at radius 3 is 2.40 bits per heavy atom. The Hall–Kier alpha value is -0.0800. The monoisotopic (exact) mass is 143 g/mol. The lowest BCUT2D eigenvalue weighted by Crippen LogP contribution is -2.49. The van der Waals surface area contributed by atoms with E-state index in [-0.39, 0.29) is 5.41 Å². The van der Waals surface area contributed by atoms with Crippen molar-refractivity contribution < 1.29 is 5.11 Å². The first-order chi connectivity index (χ1) is 4.62. The fraction of sp³-hybridized carbons (Fsp3) is 1.00. The van der Waals surface area contributed by atoms with Crippen LogP contribution in [0.5, 0.6) is 0 Å². The quantitative estimate of drug-likeness (QED) is 0.594. The van der Waals surface area contributed by atoms with Crippen molar-refractivity contribution in [2.75, 3.05) is 13.2 Å². The van der Waals surface area contributed by atoms with E-state index in [1.54, 1.807) is 0 Å². The highest BCUT2D eigenvalue weighted by molar-refractivity contribution is 4.96. The molecule has 3 N–H and O–H groups in total. The maximum absolute atomic E-state index is 8.89. The van der Waals surface area contributed by atoms with Crippen LogP contribution in [0.15, 0.2) is 0 Å². The molecule has 0 radical (unpaired) electrons. The van der Waals surface area contributed by atoms with Gasteiger partial charge in [0.1, 0.15) is 0 Å². The van der Waals surface area contributed by atoms with Gasteiger partial charge in [0, 0.05) is 6.61 Å². The molecule has 1 rings (SSSR count). The highest BCUT2D eigenvalue weighted by Gasteiger charge is 2.46. The van der Waals surface area contributed by atoms with Crippen LogP contribution >= 0.6 is 0 Å². The van der Waals surface area contributed by atoms with Crippen molar-refractivity contribution in [3.63, 3.8) is 0 Å². The number of hydrogen-bond acceptors (Lipinski definition) is 2. The van der Waals surface area contributed by atoms with E-state index in [0.717, 1.165) is 13.0 Å². The highest BCUT2D eigenvalue weighted by atomic mass is 16.3. The first kappa shape index (κ1) is 8.02. The second kappa shape index (κ2) is 2.51. The summed E-state index contributed by atoms with van der Waals surface area (Å²) in [5.41, 5.74) is 5.83. The predicted octanol–water partition coefficient (Wildman–Crippen LogP) is 0.600. The van der Waals surface area contributed by atoms with Gasteiger partial charge in [-0.2, -0.15) is 0 Å². The van der Waals surface area contributed by atoms with Gasteiger partial charge in [-0.1, -0.05) is 13.8 Å². The number of rotatable bonds is 2. The normalized spacial score (nSPS) is 37.2. The zero-order chi connectivity index (χ0) is 7.78. The van der Waals surface area contributed by atoms with Crippen molar-refractivity contribution in [2.45, 2.75) is 20.3 Å². The average Bonchev–Trinajstić information content (AvgIpc) is 1.88. The van der Waals surface area contributed by atoms with E-state index in [1.165, 1.54) is 0 Å². The minimum atomic E-state index is 0.281. The van der Waals surface area contributed by atoms with Crippen LogP contribution in [0.2, 0.25) is 0 Å². The van der Waals surface area contributed by atoms with Crippen molar-refractivity contribution in [1.29, 1.82) is 0 Å². The zero-order valence-corrected chi connectivity index (χ0v) is 6.80. The van der Waals surface area contributed by atoms with E-state index >= 15 is 0 Å². The van der Waals surface area contributed by atoms with Gasteiger partial charge in [0.2, 0.25) is 0 Å². The minimum absolute atomic E-state index is 0.281. The van der Waals surface area contributed by atoms with Crippen LogP contribution in [-0.2, 0) is 0 Å². The van der Waals surface area contributed by atoms with Crippen LogP contribution in [0.25, 0.3) is 0 Å². The summed E-state index contributed by atoms with van der Waals surface area (Å²) < 4.78 is 0. The summed E-state index contributed by atoms with van der Waals surface area (Å²) in [6, 6.07) is 0. The second-order valence-electron chi connectivity index (χ2n) is 3.87. The first-order valence-electron chi connectivity index (χ1n) is 3.93. The average molecular weight is 143 g/mol. The molecule has 0 aromatic heterocycles. The molecular formula is C8H17NO. The highest BCUT2D eigenvalue weighted by Crippen LogP contribution is 2.50. The molecule has 0 saturated heterocycles. The maximum atomic E-state index is 8.89. The molecule has 2 nitrogen and oxygen atoms in total. The third-order valence-corrected chi connectivity index (χ3v) is 3.18. The molecule has 0 bridgehead atoms.